The van der Waals surface area contributed by atoms with E-state index in [2.05, 4.69) is 31.0 Å². The number of hydrogen-bond acceptors (Lipinski definition) is 4. The molecule has 2 atom stereocenters. The van der Waals surface area contributed by atoms with Gasteiger partial charge in [-0.2, -0.15) is 0 Å². The summed E-state index contributed by atoms with van der Waals surface area (Å²) < 4.78 is 0. The third-order valence-corrected chi connectivity index (χ3v) is 4.50. The predicted octanol–water partition coefficient (Wildman–Crippen LogP) is 0.927. The number of carbonyl (C=O) groups excluding carboxylic acids is 1. The summed E-state index contributed by atoms with van der Waals surface area (Å²) in [4.78, 5) is 14.7. The van der Waals surface area contributed by atoms with Crippen molar-refractivity contribution in [2.75, 3.05) is 13.1 Å². The van der Waals surface area contributed by atoms with Crippen molar-refractivity contribution >= 4 is 5.91 Å². The highest BCUT2D eigenvalue weighted by Gasteiger charge is 2.32. The Kier molecular flexibility index (Phi) is 4.93. The highest BCUT2D eigenvalue weighted by Crippen LogP contribution is 2.34. The first-order valence-corrected chi connectivity index (χ1v) is 7.86. The summed E-state index contributed by atoms with van der Waals surface area (Å²) in [5.41, 5.74) is 12.8. The summed E-state index contributed by atoms with van der Waals surface area (Å²) >= 11 is 0. The van der Waals surface area contributed by atoms with Crippen molar-refractivity contribution < 1.29 is 4.79 Å². The van der Waals surface area contributed by atoms with E-state index < -0.39 is 0 Å². The van der Waals surface area contributed by atoms with E-state index in [0.717, 1.165) is 31.6 Å². The van der Waals surface area contributed by atoms with Crippen LogP contribution in [0.5, 0.6) is 0 Å². The van der Waals surface area contributed by atoms with Crippen molar-refractivity contribution in [3.8, 4) is 0 Å². The van der Waals surface area contributed by atoms with Crippen LogP contribution in [-0.2, 0) is 4.79 Å². The van der Waals surface area contributed by atoms with E-state index in [9.17, 15) is 4.79 Å². The van der Waals surface area contributed by atoms with E-state index in [1.165, 1.54) is 6.20 Å². The second-order valence-corrected chi connectivity index (χ2v) is 6.65. The third-order valence-electron chi connectivity index (χ3n) is 4.50. The zero-order valence-corrected chi connectivity index (χ0v) is 13.3. The van der Waals surface area contributed by atoms with Gasteiger partial charge in [-0.25, -0.2) is 0 Å². The molecule has 118 valence electrons. The van der Waals surface area contributed by atoms with Crippen molar-refractivity contribution in [1.82, 2.24) is 10.2 Å². The summed E-state index contributed by atoms with van der Waals surface area (Å²) in [5.74, 6) is 0.762. The Hall–Kier alpha value is -1.49. The Labute approximate surface area is 127 Å². The quantitative estimate of drug-likeness (QED) is 0.520. The maximum Gasteiger partial charge on any atom is 0.253 e. The lowest BCUT2D eigenvalue weighted by Gasteiger charge is -2.20. The Morgan fingerprint density at radius 2 is 2.00 bits per heavy atom. The van der Waals surface area contributed by atoms with Gasteiger partial charge in [0, 0.05) is 37.1 Å². The summed E-state index contributed by atoms with van der Waals surface area (Å²) in [6.07, 6.45) is 5.31. The fourth-order valence-electron chi connectivity index (χ4n) is 2.77. The Balaban J connectivity index is 1.95. The molecule has 0 aromatic rings. The summed E-state index contributed by atoms with van der Waals surface area (Å²) in [5, 5.41) is 3.10. The fourth-order valence-corrected chi connectivity index (χ4v) is 2.77. The van der Waals surface area contributed by atoms with Crippen molar-refractivity contribution in [1.29, 1.82) is 0 Å². The molecule has 0 aromatic heterocycles. The van der Waals surface area contributed by atoms with Gasteiger partial charge in [-0.05, 0) is 44.6 Å². The molecule has 1 aliphatic carbocycles. The number of allylic oxidation sites excluding steroid dienone is 1. The smallest absolute Gasteiger partial charge is 0.253 e. The number of nitrogens with two attached hydrogens (primary N) is 2. The number of carbonyl (C=O) groups is 1. The maximum absolute atomic E-state index is 12.4. The second kappa shape index (κ2) is 6.52. The lowest BCUT2D eigenvalue weighted by Crippen LogP contribution is -2.41. The molecule has 2 fully saturated rings. The Morgan fingerprint density at radius 3 is 2.48 bits per heavy atom. The first-order chi connectivity index (χ1) is 9.92. The molecule has 5 heteroatoms. The van der Waals surface area contributed by atoms with Crippen LogP contribution in [0.25, 0.3) is 0 Å². The monoisotopic (exact) mass is 292 g/mol. The van der Waals surface area contributed by atoms with Gasteiger partial charge in [0.1, 0.15) is 0 Å². The molecule has 1 amide bonds. The molecule has 0 aromatic carbocycles. The maximum atomic E-state index is 12.4. The lowest BCUT2D eigenvalue weighted by atomic mass is 10.1. The van der Waals surface area contributed by atoms with Crippen LogP contribution in [0.2, 0.25) is 0 Å². The molecule has 1 heterocycles. The number of hydrogen-bond donors (Lipinski definition) is 3. The SMILES string of the molecule is CC(C)N1C[C@@H](C)[C@H](NC(=O)C(/C=C(\N)C2CC2)=C/N)C1. The van der Waals surface area contributed by atoms with Crippen LogP contribution in [0.15, 0.2) is 23.5 Å². The fraction of sp³-hybridized carbons (Fsp3) is 0.688. The predicted molar refractivity (Wildman–Crippen MR) is 85.1 cm³/mol. The highest BCUT2D eigenvalue weighted by molar-refractivity contribution is 5.96. The van der Waals surface area contributed by atoms with Gasteiger partial charge >= 0.3 is 0 Å². The largest absolute Gasteiger partial charge is 0.404 e. The zero-order valence-electron chi connectivity index (χ0n) is 13.3. The molecule has 1 aliphatic heterocycles. The average molecular weight is 292 g/mol. The minimum atomic E-state index is -0.122. The van der Waals surface area contributed by atoms with Crippen molar-refractivity contribution in [3.05, 3.63) is 23.5 Å². The number of amides is 1. The Morgan fingerprint density at radius 1 is 1.33 bits per heavy atom. The molecular formula is C16H28N4O. The van der Waals surface area contributed by atoms with Gasteiger partial charge in [0.25, 0.3) is 5.91 Å². The first-order valence-electron chi connectivity index (χ1n) is 7.86. The van der Waals surface area contributed by atoms with Crippen LogP contribution in [0.4, 0.5) is 0 Å². The van der Waals surface area contributed by atoms with E-state index in [-0.39, 0.29) is 11.9 Å². The van der Waals surface area contributed by atoms with Gasteiger partial charge in [0.05, 0.1) is 5.57 Å². The standard InChI is InChI=1S/C16H28N4O/c1-10(2)20-8-11(3)15(9-20)19-16(21)13(7-17)6-14(18)12-4-5-12/h6-7,10-12,15H,4-5,8-9,17-18H2,1-3H3,(H,19,21)/b13-7+,14-6-/t11-,15-/m1/s1. The second-order valence-electron chi connectivity index (χ2n) is 6.65. The minimum Gasteiger partial charge on any atom is -0.404 e. The van der Waals surface area contributed by atoms with E-state index in [4.69, 9.17) is 11.5 Å². The third kappa shape index (κ3) is 4.00. The Bertz CT molecular complexity index is 451. The van der Waals surface area contributed by atoms with Crippen LogP contribution in [0.1, 0.15) is 33.6 Å². The van der Waals surface area contributed by atoms with Gasteiger partial charge in [0.2, 0.25) is 0 Å². The summed E-state index contributed by atoms with van der Waals surface area (Å²) in [6.45, 7) is 8.45. The lowest BCUT2D eigenvalue weighted by molar-refractivity contribution is -0.118. The van der Waals surface area contributed by atoms with Crippen LogP contribution in [0.3, 0.4) is 0 Å². The van der Waals surface area contributed by atoms with Crippen LogP contribution in [0, 0.1) is 11.8 Å². The highest BCUT2D eigenvalue weighted by atomic mass is 16.1. The normalized spacial score (nSPS) is 28.2. The number of nitrogens with one attached hydrogen (secondary N) is 1. The average Bonchev–Trinajstić information content (AvgIpc) is 3.21. The van der Waals surface area contributed by atoms with E-state index in [0.29, 0.717) is 23.5 Å². The number of likely N-dealkylation sites (tertiary alicyclic amines) is 1. The van der Waals surface area contributed by atoms with Crippen molar-refractivity contribution in [3.63, 3.8) is 0 Å². The van der Waals surface area contributed by atoms with Gasteiger partial charge in [-0.1, -0.05) is 6.92 Å². The molecule has 0 spiro atoms. The van der Waals surface area contributed by atoms with Crippen molar-refractivity contribution in [2.24, 2.45) is 23.3 Å². The van der Waals surface area contributed by atoms with E-state index >= 15 is 0 Å². The van der Waals surface area contributed by atoms with Crippen LogP contribution >= 0.6 is 0 Å². The molecule has 2 rings (SSSR count). The minimum absolute atomic E-state index is 0.122. The topological polar surface area (TPSA) is 84.4 Å². The van der Waals surface area contributed by atoms with Crippen molar-refractivity contribution in [2.45, 2.75) is 45.7 Å². The van der Waals surface area contributed by atoms with Gasteiger partial charge in [-0.3, -0.25) is 9.69 Å². The summed E-state index contributed by atoms with van der Waals surface area (Å²) in [6, 6.07) is 0.676. The van der Waals surface area contributed by atoms with E-state index in [1.807, 2.05) is 0 Å². The molecule has 5 N–H and O–H groups in total. The zero-order chi connectivity index (χ0) is 15.6. The van der Waals surface area contributed by atoms with Crippen LogP contribution < -0.4 is 16.8 Å². The molecule has 1 saturated carbocycles. The molecular weight excluding hydrogens is 264 g/mol. The van der Waals surface area contributed by atoms with Gasteiger partial charge in [0.15, 0.2) is 0 Å². The van der Waals surface area contributed by atoms with Gasteiger partial charge < -0.3 is 16.8 Å². The first kappa shape index (κ1) is 15.9. The van der Waals surface area contributed by atoms with Gasteiger partial charge in [-0.15, -0.1) is 0 Å². The number of nitrogens with zero attached hydrogens (tertiary/aromatic N) is 1. The molecule has 21 heavy (non-hydrogen) atoms. The molecule has 0 unspecified atom stereocenters. The summed E-state index contributed by atoms with van der Waals surface area (Å²) in [7, 11) is 0. The number of rotatable bonds is 5. The van der Waals surface area contributed by atoms with E-state index in [1.54, 1.807) is 6.08 Å². The molecule has 1 saturated heterocycles. The molecule has 2 aliphatic rings. The molecule has 0 radical (unpaired) electrons. The molecule has 0 bridgehead atoms. The van der Waals surface area contributed by atoms with Crippen LogP contribution in [-0.4, -0.2) is 36.0 Å². The molecule has 5 nitrogen and oxygen atoms in total.